The summed E-state index contributed by atoms with van der Waals surface area (Å²) in [6.45, 7) is 2.02. The fourth-order valence-corrected chi connectivity index (χ4v) is 2.28. The van der Waals surface area contributed by atoms with Gasteiger partial charge in [-0.2, -0.15) is 0 Å². The van der Waals surface area contributed by atoms with Crippen LogP contribution in [0, 0.1) is 11.6 Å². The minimum atomic E-state index is -0.680. The van der Waals surface area contributed by atoms with Gasteiger partial charge >= 0.3 is 0 Å². The van der Waals surface area contributed by atoms with Crippen molar-refractivity contribution < 1.29 is 8.78 Å². The largest absolute Gasteiger partial charge is 0.363 e. The maximum atomic E-state index is 13.7. The molecule has 1 unspecified atom stereocenters. The van der Waals surface area contributed by atoms with Crippen molar-refractivity contribution in [3.63, 3.8) is 0 Å². The molecule has 3 rings (SSSR count). The Labute approximate surface area is 138 Å². The lowest BCUT2D eigenvalue weighted by molar-refractivity contribution is 0.586. The number of hydrogen-bond donors (Lipinski definition) is 2. The molecule has 122 valence electrons. The molecule has 0 aliphatic heterocycles. The van der Waals surface area contributed by atoms with E-state index in [1.165, 1.54) is 18.5 Å². The lowest BCUT2D eigenvalue weighted by Crippen LogP contribution is -2.08. The van der Waals surface area contributed by atoms with Gasteiger partial charge in [-0.3, -0.25) is 0 Å². The van der Waals surface area contributed by atoms with E-state index in [-0.39, 0.29) is 11.7 Å². The molecular weight excluding hydrogens is 310 g/mol. The van der Waals surface area contributed by atoms with Crippen molar-refractivity contribution >= 4 is 17.3 Å². The van der Waals surface area contributed by atoms with Crippen molar-refractivity contribution in [1.29, 1.82) is 0 Å². The van der Waals surface area contributed by atoms with E-state index in [0.717, 1.165) is 11.6 Å². The first-order chi connectivity index (χ1) is 11.6. The number of nitrogens with zero attached hydrogens (tertiary/aromatic N) is 2. The van der Waals surface area contributed by atoms with E-state index in [4.69, 9.17) is 0 Å². The quantitative estimate of drug-likeness (QED) is 0.715. The number of hydrogen-bond acceptors (Lipinski definition) is 4. The fraction of sp³-hybridized carbons (Fsp3) is 0.111. The molecule has 3 aromatic rings. The lowest BCUT2D eigenvalue weighted by Gasteiger charge is -2.15. The van der Waals surface area contributed by atoms with Gasteiger partial charge in [0, 0.05) is 18.2 Å². The van der Waals surface area contributed by atoms with Crippen LogP contribution in [-0.4, -0.2) is 9.97 Å². The van der Waals surface area contributed by atoms with E-state index >= 15 is 0 Å². The van der Waals surface area contributed by atoms with Gasteiger partial charge < -0.3 is 10.6 Å². The molecule has 0 aliphatic carbocycles. The number of nitrogens with one attached hydrogen (secondary N) is 2. The molecule has 0 bridgehead atoms. The molecule has 2 aromatic carbocycles. The van der Waals surface area contributed by atoms with Gasteiger partial charge in [-0.25, -0.2) is 18.7 Å². The summed E-state index contributed by atoms with van der Waals surface area (Å²) in [5.41, 5.74) is 1.27. The average Bonchev–Trinajstić information content (AvgIpc) is 2.58. The SMILES string of the molecule is CC(Nc1cc(Nc2ccc(F)cc2F)ncn1)c1ccccc1. The molecular formula is C18H16F2N4. The highest BCUT2D eigenvalue weighted by molar-refractivity contribution is 5.59. The monoisotopic (exact) mass is 326 g/mol. The first-order valence-electron chi connectivity index (χ1n) is 7.47. The summed E-state index contributed by atoms with van der Waals surface area (Å²) in [6, 6.07) is 15.0. The molecule has 1 heterocycles. The van der Waals surface area contributed by atoms with Crippen LogP contribution in [0.3, 0.4) is 0 Å². The lowest BCUT2D eigenvalue weighted by atomic mass is 10.1. The van der Waals surface area contributed by atoms with Crippen molar-refractivity contribution in [3.05, 3.63) is 78.1 Å². The van der Waals surface area contributed by atoms with Crippen molar-refractivity contribution in [2.24, 2.45) is 0 Å². The summed E-state index contributed by atoms with van der Waals surface area (Å²) >= 11 is 0. The fourth-order valence-electron chi connectivity index (χ4n) is 2.28. The third-order valence-electron chi connectivity index (χ3n) is 3.52. The Kier molecular flexibility index (Phi) is 4.65. The van der Waals surface area contributed by atoms with Crippen LogP contribution in [0.1, 0.15) is 18.5 Å². The highest BCUT2D eigenvalue weighted by Crippen LogP contribution is 2.22. The number of rotatable bonds is 5. The molecule has 24 heavy (non-hydrogen) atoms. The molecule has 0 radical (unpaired) electrons. The molecule has 0 amide bonds. The highest BCUT2D eigenvalue weighted by atomic mass is 19.1. The minimum absolute atomic E-state index is 0.0523. The minimum Gasteiger partial charge on any atom is -0.363 e. The van der Waals surface area contributed by atoms with Crippen molar-refractivity contribution in [1.82, 2.24) is 9.97 Å². The molecule has 1 aromatic heterocycles. The Morgan fingerprint density at radius 1 is 0.917 bits per heavy atom. The molecule has 0 spiro atoms. The smallest absolute Gasteiger partial charge is 0.149 e. The van der Waals surface area contributed by atoms with E-state index < -0.39 is 11.6 Å². The zero-order valence-electron chi connectivity index (χ0n) is 13.0. The van der Waals surface area contributed by atoms with Gasteiger partial charge in [0.2, 0.25) is 0 Å². The zero-order chi connectivity index (χ0) is 16.9. The van der Waals surface area contributed by atoms with Crippen LogP contribution in [0.25, 0.3) is 0 Å². The van der Waals surface area contributed by atoms with Gasteiger partial charge in [0.1, 0.15) is 29.6 Å². The van der Waals surface area contributed by atoms with Crippen LogP contribution in [0.2, 0.25) is 0 Å². The Morgan fingerprint density at radius 2 is 1.67 bits per heavy atom. The van der Waals surface area contributed by atoms with Crippen molar-refractivity contribution in [3.8, 4) is 0 Å². The molecule has 2 N–H and O–H groups in total. The van der Waals surface area contributed by atoms with Crippen molar-refractivity contribution in [2.75, 3.05) is 10.6 Å². The standard InChI is InChI=1S/C18H16F2N4/c1-12(13-5-3-2-4-6-13)23-17-10-18(22-11-21-17)24-16-8-7-14(19)9-15(16)20/h2-12H,1H3,(H2,21,22,23,24). The Bertz CT molecular complexity index is 824. The van der Waals surface area contributed by atoms with Crippen LogP contribution >= 0.6 is 0 Å². The third kappa shape index (κ3) is 3.84. The van der Waals surface area contributed by atoms with E-state index in [0.29, 0.717) is 11.6 Å². The van der Waals surface area contributed by atoms with Crippen molar-refractivity contribution in [2.45, 2.75) is 13.0 Å². The second-order valence-electron chi connectivity index (χ2n) is 5.31. The molecule has 0 fully saturated rings. The first-order valence-corrected chi connectivity index (χ1v) is 7.47. The van der Waals surface area contributed by atoms with Gasteiger partial charge in [0.05, 0.1) is 5.69 Å². The van der Waals surface area contributed by atoms with Gasteiger partial charge in [0.25, 0.3) is 0 Å². The topological polar surface area (TPSA) is 49.8 Å². The highest BCUT2D eigenvalue weighted by Gasteiger charge is 2.08. The second-order valence-corrected chi connectivity index (χ2v) is 5.31. The maximum absolute atomic E-state index is 13.7. The summed E-state index contributed by atoms with van der Waals surface area (Å²) in [5, 5.41) is 6.08. The predicted octanol–water partition coefficient (Wildman–Crippen LogP) is 4.67. The van der Waals surface area contributed by atoms with Crippen LogP contribution in [0.5, 0.6) is 0 Å². The van der Waals surface area contributed by atoms with Gasteiger partial charge in [-0.15, -0.1) is 0 Å². The van der Waals surface area contributed by atoms with E-state index in [2.05, 4.69) is 20.6 Å². The molecule has 0 saturated carbocycles. The number of halogens is 2. The van der Waals surface area contributed by atoms with Crippen LogP contribution in [0.4, 0.5) is 26.1 Å². The third-order valence-corrected chi connectivity index (χ3v) is 3.52. The predicted molar refractivity (Wildman–Crippen MR) is 90.2 cm³/mol. The molecule has 0 aliphatic rings. The molecule has 6 heteroatoms. The number of anilines is 3. The summed E-state index contributed by atoms with van der Waals surface area (Å²) in [4.78, 5) is 8.22. The number of benzene rings is 2. The molecule has 4 nitrogen and oxygen atoms in total. The average molecular weight is 326 g/mol. The van der Waals surface area contributed by atoms with E-state index in [9.17, 15) is 8.78 Å². The summed E-state index contributed by atoms with van der Waals surface area (Å²) in [5.74, 6) is -0.287. The summed E-state index contributed by atoms with van der Waals surface area (Å²) in [7, 11) is 0. The normalized spacial score (nSPS) is 11.8. The van der Waals surface area contributed by atoms with Gasteiger partial charge in [-0.05, 0) is 24.6 Å². The Hall–Kier alpha value is -3.02. The van der Waals surface area contributed by atoms with Crippen LogP contribution in [0.15, 0.2) is 60.9 Å². The van der Waals surface area contributed by atoms with E-state index in [1.54, 1.807) is 6.07 Å². The van der Waals surface area contributed by atoms with Gasteiger partial charge in [0.15, 0.2) is 0 Å². The Balaban J connectivity index is 1.74. The summed E-state index contributed by atoms with van der Waals surface area (Å²) < 4.78 is 26.7. The second kappa shape index (κ2) is 7.04. The van der Waals surface area contributed by atoms with Crippen LogP contribution in [-0.2, 0) is 0 Å². The molecule has 1 atom stereocenters. The zero-order valence-corrected chi connectivity index (χ0v) is 13.0. The van der Waals surface area contributed by atoms with E-state index in [1.807, 2.05) is 37.3 Å². The summed E-state index contributed by atoms with van der Waals surface area (Å²) in [6.07, 6.45) is 1.38. The number of aromatic nitrogens is 2. The Morgan fingerprint density at radius 3 is 2.42 bits per heavy atom. The first kappa shape index (κ1) is 15.9. The van der Waals surface area contributed by atoms with Crippen LogP contribution < -0.4 is 10.6 Å². The molecule has 0 saturated heterocycles. The van der Waals surface area contributed by atoms with Gasteiger partial charge in [-0.1, -0.05) is 30.3 Å². The maximum Gasteiger partial charge on any atom is 0.149 e.